The molecule has 0 spiro atoms. The number of methoxy groups -OCH3 is 1. The van der Waals surface area contributed by atoms with E-state index in [-0.39, 0.29) is 0 Å². The van der Waals surface area contributed by atoms with Gasteiger partial charge >= 0.3 is 0 Å². The molecule has 1 aliphatic heterocycles. The Morgan fingerprint density at radius 2 is 2.25 bits per heavy atom. The molecule has 5 nitrogen and oxygen atoms in total. The summed E-state index contributed by atoms with van der Waals surface area (Å²) in [6.07, 6.45) is 4.96. The number of hydrogen-bond acceptors (Lipinski definition) is 4. The number of piperazine rings is 1. The average molecular weight is 224 g/mol. The maximum Gasteiger partial charge on any atom is 0.205 e. The van der Waals surface area contributed by atoms with E-state index in [2.05, 4.69) is 19.8 Å². The zero-order valence-corrected chi connectivity index (χ0v) is 9.85. The molecule has 0 unspecified atom stereocenters. The molecule has 0 aliphatic carbocycles. The first-order chi connectivity index (χ1) is 7.92. The molecule has 2 heterocycles. The number of rotatable bonds is 5. The Hall–Kier alpha value is -1.07. The van der Waals surface area contributed by atoms with Crippen LogP contribution in [0, 0.1) is 0 Å². The van der Waals surface area contributed by atoms with Crippen molar-refractivity contribution in [3.8, 4) is 0 Å². The molecule has 2 rings (SSSR count). The third-order valence-corrected chi connectivity index (χ3v) is 2.84. The Labute approximate surface area is 96.4 Å². The average Bonchev–Trinajstić information content (AvgIpc) is 2.79. The normalized spacial score (nSPS) is 16.7. The van der Waals surface area contributed by atoms with Crippen molar-refractivity contribution in [2.45, 2.75) is 13.0 Å². The van der Waals surface area contributed by atoms with Crippen LogP contribution >= 0.6 is 0 Å². The molecule has 5 heteroatoms. The van der Waals surface area contributed by atoms with Gasteiger partial charge in [0, 0.05) is 58.8 Å². The summed E-state index contributed by atoms with van der Waals surface area (Å²) < 4.78 is 7.28. The molecule has 0 amide bonds. The summed E-state index contributed by atoms with van der Waals surface area (Å²) in [7, 11) is 1.74. The first kappa shape index (κ1) is 11.4. The molecule has 1 aromatic heterocycles. The van der Waals surface area contributed by atoms with E-state index in [9.17, 15) is 0 Å². The van der Waals surface area contributed by atoms with Crippen molar-refractivity contribution in [2.24, 2.45) is 0 Å². The zero-order valence-electron chi connectivity index (χ0n) is 9.85. The van der Waals surface area contributed by atoms with Crippen LogP contribution < -0.4 is 10.2 Å². The molecule has 1 aromatic rings. The van der Waals surface area contributed by atoms with Crippen molar-refractivity contribution in [1.82, 2.24) is 14.9 Å². The summed E-state index contributed by atoms with van der Waals surface area (Å²) >= 11 is 0. The van der Waals surface area contributed by atoms with E-state index >= 15 is 0 Å². The smallest absolute Gasteiger partial charge is 0.205 e. The van der Waals surface area contributed by atoms with Crippen LogP contribution in [0.4, 0.5) is 5.95 Å². The van der Waals surface area contributed by atoms with E-state index < -0.39 is 0 Å². The second-order valence-corrected chi connectivity index (χ2v) is 4.00. The van der Waals surface area contributed by atoms with Gasteiger partial charge < -0.3 is 19.5 Å². The van der Waals surface area contributed by atoms with Gasteiger partial charge in [0.1, 0.15) is 0 Å². The maximum atomic E-state index is 5.07. The lowest BCUT2D eigenvalue weighted by Gasteiger charge is -2.28. The van der Waals surface area contributed by atoms with Crippen molar-refractivity contribution in [1.29, 1.82) is 0 Å². The highest BCUT2D eigenvalue weighted by Gasteiger charge is 2.14. The molecule has 90 valence electrons. The van der Waals surface area contributed by atoms with Gasteiger partial charge in [0.25, 0.3) is 0 Å². The summed E-state index contributed by atoms with van der Waals surface area (Å²) in [4.78, 5) is 6.78. The van der Waals surface area contributed by atoms with Crippen LogP contribution in [0.2, 0.25) is 0 Å². The molecule has 0 aromatic carbocycles. The number of hydrogen-bond donors (Lipinski definition) is 1. The second kappa shape index (κ2) is 5.86. The fourth-order valence-corrected chi connectivity index (χ4v) is 2.00. The minimum atomic E-state index is 0.805. The Morgan fingerprint density at radius 3 is 3.00 bits per heavy atom. The predicted molar refractivity (Wildman–Crippen MR) is 63.8 cm³/mol. The van der Waals surface area contributed by atoms with Crippen molar-refractivity contribution >= 4 is 5.95 Å². The fraction of sp³-hybridized carbons (Fsp3) is 0.727. The van der Waals surface area contributed by atoms with Crippen LogP contribution in [0.3, 0.4) is 0 Å². The number of anilines is 1. The van der Waals surface area contributed by atoms with Crippen LogP contribution in [-0.2, 0) is 11.3 Å². The first-order valence-electron chi connectivity index (χ1n) is 5.87. The van der Waals surface area contributed by atoms with E-state index in [4.69, 9.17) is 4.74 Å². The van der Waals surface area contributed by atoms with E-state index in [1.165, 1.54) is 0 Å². The van der Waals surface area contributed by atoms with Crippen molar-refractivity contribution in [3.05, 3.63) is 12.4 Å². The quantitative estimate of drug-likeness (QED) is 0.732. The number of aryl methyl sites for hydroxylation is 1. The minimum absolute atomic E-state index is 0.805. The van der Waals surface area contributed by atoms with Gasteiger partial charge in [-0.2, -0.15) is 0 Å². The maximum absolute atomic E-state index is 5.07. The monoisotopic (exact) mass is 224 g/mol. The van der Waals surface area contributed by atoms with Crippen LogP contribution in [0.15, 0.2) is 12.4 Å². The van der Waals surface area contributed by atoms with Crippen LogP contribution in [0.1, 0.15) is 6.42 Å². The summed E-state index contributed by atoms with van der Waals surface area (Å²) in [6.45, 7) is 5.96. The molecular formula is C11H20N4O. The van der Waals surface area contributed by atoms with E-state index in [1.807, 2.05) is 12.4 Å². The molecular weight excluding hydrogens is 204 g/mol. The molecule has 0 radical (unpaired) electrons. The molecule has 0 atom stereocenters. The SMILES string of the molecule is COCCCn1ccnc1N1CCNCC1. The molecule has 1 N–H and O–H groups in total. The summed E-state index contributed by atoms with van der Waals surface area (Å²) in [5, 5.41) is 3.35. The lowest BCUT2D eigenvalue weighted by Crippen LogP contribution is -2.44. The van der Waals surface area contributed by atoms with Crippen LogP contribution in [0.25, 0.3) is 0 Å². The van der Waals surface area contributed by atoms with Crippen molar-refractivity contribution in [3.63, 3.8) is 0 Å². The van der Waals surface area contributed by atoms with Gasteiger partial charge in [0.15, 0.2) is 0 Å². The molecule has 1 fully saturated rings. The highest BCUT2D eigenvalue weighted by molar-refractivity contribution is 5.32. The highest BCUT2D eigenvalue weighted by Crippen LogP contribution is 2.12. The molecule has 0 saturated carbocycles. The number of nitrogens with zero attached hydrogens (tertiary/aromatic N) is 3. The Morgan fingerprint density at radius 1 is 1.44 bits per heavy atom. The third kappa shape index (κ3) is 2.74. The number of imidazole rings is 1. The van der Waals surface area contributed by atoms with Gasteiger partial charge in [0.05, 0.1) is 0 Å². The van der Waals surface area contributed by atoms with Gasteiger partial charge in [-0.15, -0.1) is 0 Å². The number of ether oxygens (including phenoxy) is 1. The lowest BCUT2D eigenvalue weighted by atomic mass is 10.4. The predicted octanol–water partition coefficient (Wildman–Crippen LogP) is 0.329. The van der Waals surface area contributed by atoms with Crippen LogP contribution in [-0.4, -0.2) is 49.4 Å². The van der Waals surface area contributed by atoms with Gasteiger partial charge in [0.2, 0.25) is 5.95 Å². The first-order valence-corrected chi connectivity index (χ1v) is 5.87. The van der Waals surface area contributed by atoms with Crippen molar-refractivity contribution < 1.29 is 4.74 Å². The van der Waals surface area contributed by atoms with Gasteiger partial charge in [-0.05, 0) is 6.42 Å². The number of aromatic nitrogens is 2. The van der Waals surface area contributed by atoms with E-state index in [0.29, 0.717) is 0 Å². The topological polar surface area (TPSA) is 42.3 Å². The summed E-state index contributed by atoms with van der Waals surface area (Å²) in [5.41, 5.74) is 0. The van der Waals surface area contributed by atoms with Crippen LogP contribution in [0.5, 0.6) is 0 Å². The zero-order chi connectivity index (χ0) is 11.2. The molecule has 16 heavy (non-hydrogen) atoms. The van der Waals surface area contributed by atoms with Gasteiger partial charge in [-0.3, -0.25) is 0 Å². The van der Waals surface area contributed by atoms with Crippen molar-refractivity contribution in [2.75, 3.05) is 44.8 Å². The fourth-order valence-electron chi connectivity index (χ4n) is 2.00. The Balaban J connectivity index is 1.94. The summed E-state index contributed by atoms with van der Waals surface area (Å²) in [5.74, 6) is 1.10. The molecule has 1 aliphatic rings. The Bertz CT molecular complexity index is 307. The largest absolute Gasteiger partial charge is 0.385 e. The minimum Gasteiger partial charge on any atom is -0.385 e. The second-order valence-electron chi connectivity index (χ2n) is 4.00. The number of nitrogens with one attached hydrogen (secondary N) is 1. The summed E-state index contributed by atoms with van der Waals surface area (Å²) in [6, 6.07) is 0. The Kier molecular flexibility index (Phi) is 4.18. The van der Waals surface area contributed by atoms with E-state index in [0.717, 1.165) is 51.7 Å². The van der Waals surface area contributed by atoms with Gasteiger partial charge in [-0.25, -0.2) is 4.98 Å². The standard InChI is InChI=1S/C11H20N4O/c1-16-10-2-6-14-9-5-13-11(14)15-7-3-12-4-8-15/h5,9,12H,2-4,6-8,10H2,1H3. The highest BCUT2D eigenvalue weighted by atomic mass is 16.5. The lowest BCUT2D eigenvalue weighted by molar-refractivity contribution is 0.190. The third-order valence-electron chi connectivity index (χ3n) is 2.84. The van der Waals surface area contributed by atoms with E-state index in [1.54, 1.807) is 7.11 Å². The molecule has 1 saturated heterocycles. The molecule has 0 bridgehead atoms. The van der Waals surface area contributed by atoms with Gasteiger partial charge in [-0.1, -0.05) is 0 Å².